The number of nitrogens with zero attached hydrogens (tertiary/aromatic N) is 1. The zero-order valence-corrected chi connectivity index (χ0v) is 9.52. The summed E-state index contributed by atoms with van der Waals surface area (Å²) in [4.78, 5) is 12.0. The molecule has 1 aliphatic rings. The molecule has 0 aromatic carbocycles. The zero-order chi connectivity index (χ0) is 13.4. The first-order valence-electron chi connectivity index (χ1n) is 5.36. The number of likely N-dealkylation sites (tertiary alicyclic amines) is 1. The Morgan fingerprint density at radius 1 is 1.06 bits per heavy atom. The van der Waals surface area contributed by atoms with Gasteiger partial charge in [0.15, 0.2) is 0 Å². The van der Waals surface area contributed by atoms with Crippen molar-refractivity contribution in [1.82, 2.24) is 4.90 Å². The van der Waals surface area contributed by atoms with Crippen LogP contribution in [0.3, 0.4) is 0 Å². The van der Waals surface area contributed by atoms with E-state index in [0.29, 0.717) is 17.7 Å². The average Bonchev–Trinajstić information content (AvgIpc) is 2.15. The van der Waals surface area contributed by atoms with E-state index >= 15 is 0 Å². The lowest BCUT2D eigenvalue weighted by atomic mass is 9.96. The highest BCUT2D eigenvalue weighted by atomic mass is 19.4. The van der Waals surface area contributed by atoms with Crippen LogP contribution >= 0.6 is 0 Å². The number of halogens is 5. The topological polar surface area (TPSA) is 20.3 Å². The third-order valence-electron chi connectivity index (χ3n) is 3.05. The van der Waals surface area contributed by atoms with Gasteiger partial charge in [0.25, 0.3) is 0 Å². The van der Waals surface area contributed by atoms with Crippen molar-refractivity contribution in [3.8, 4) is 0 Å². The van der Waals surface area contributed by atoms with Gasteiger partial charge in [-0.1, -0.05) is 0 Å². The van der Waals surface area contributed by atoms with Crippen molar-refractivity contribution in [3.63, 3.8) is 0 Å². The zero-order valence-electron chi connectivity index (χ0n) is 9.52. The van der Waals surface area contributed by atoms with E-state index in [1.165, 1.54) is 13.8 Å². The molecule has 0 bridgehead atoms. The fourth-order valence-corrected chi connectivity index (χ4v) is 2.10. The molecule has 2 nitrogen and oxygen atoms in total. The molecule has 2 atom stereocenters. The molecule has 0 saturated carbocycles. The van der Waals surface area contributed by atoms with Gasteiger partial charge in [0, 0.05) is 12.1 Å². The van der Waals surface area contributed by atoms with Crippen molar-refractivity contribution < 1.29 is 26.7 Å². The summed E-state index contributed by atoms with van der Waals surface area (Å²) in [5.74, 6) is -7.43. The van der Waals surface area contributed by atoms with Crippen molar-refractivity contribution in [2.24, 2.45) is 0 Å². The van der Waals surface area contributed by atoms with E-state index in [4.69, 9.17) is 0 Å². The summed E-state index contributed by atoms with van der Waals surface area (Å²) in [5.41, 5.74) is 0. The molecular weight excluding hydrogens is 245 g/mol. The van der Waals surface area contributed by atoms with Gasteiger partial charge >= 0.3 is 18.0 Å². The molecule has 0 N–H and O–H groups in total. The Balaban J connectivity index is 2.95. The Morgan fingerprint density at radius 2 is 1.47 bits per heavy atom. The van der Waals surface area contributed by atoms with Crippen molar-refractivity contribution in [2.75, 3.05) is 0 Å². The molecule has 1 aliphatic heterocycles. The van der Waals surface area contributed by atoms with Crippen LogP contribution in [0, 0.1) is 0 Å². The minimum absolute atomic E-state index is 0.448. The van der Waals surface area contributed by atoms with Crippen molar-refractivity contribution in [1.29, 1.82) is 0 Å². The molecule has 2 unspecified atom stereocenters. The quantitative estimate of drug-likeness (QED) is 0.663. The predicted octanol–water partition coefficient (Wildman–Crippen LogP) is 2.97. The molecule has 1 rings (SSSR count). The molecule has 1 saturated heterocycles. The highest BCUT2D eigenvalue weighted by Crippen LogP contribution is 2.39. The van der Waals surface area contributed by atoms with Crippen molar-refractivity contribution in [2.45, 2.75) is 57.3 Å². The van der Waals surface area contributed by atoms with Crippen molar-refractivity contribution >= 4 is 5.91 Å². The molecule has 1 fully saturated rings. The number of piperidine rings is 1. The Kier molecular flexibility index (Phi) is 3.69. The lowest BCUT2D eigenvalue weighted by Crippen LogP contribution is -2.58. The Bertz CT molecular complexity index is 292. The van der Waals surface area contributed by atoms with Crippen LogP contribution < -0.4 is 0 Å². The second-order valence-electron chi connectivity index (χ2n) is 4.41. The van der Waals surface area contributed by atoms with Gasteiger partial charge in [0.2, 0.25) is 0 Å². The molecular formula is C10H14F5NO. The van der Waals surface area contributed by atoms with Gasteiger partial charge < -0.3 is 4.90 Å². The van der Waals surface area contributed by atoms with Crippen LogP contribution in [-0.4, -0.2) is 35.0 Å². The Labute approximate surface area is 95.8 Å². The van der Waals surface area contributed by atoms with Gasteiger partial charge in [0.1, 0.15) is 0 Å². The minimum atomic E-state index is -5.83. The lowest BCUT2D eigenvalue weighted by Gasteiger charge is -2.40. The number of carbonyl (C=O) groups excluding carboxylic acids is 1. The first-order valence-corrected chi connectivity index (χ1v) is 5.36. The molecule has 7 heteroatoms. The largest absolute Gasteiger partial charge is 0.463 e. The summed E-state index contributed by atoms with van der Waals surface area (Å²) in [6.07, 6.45) is -4.21. The summed E-state index contributed by atoms with van der Waals surface area (Å²) in [6.45, 7) is 2.97. The van der Waals surface area contributed by atoms with Crippen LogP contribution in [0.1, 0.15) is 33.1 Å². The van der Waals surface area contributed by atoms with Crippen LogP contribution in [0.25, 0.3) is 0 Å². The molecule has 17 heavy (non-hydrogen) atoms. The van der Waals surface area contributed by atoms with Gasteiger partial charge in [-0.25, -0.2) is 0 Å². The molecule has 0 radical (unpaired) electrons. The van der Waals surface area contributed by atoms with Gasteiger partial charge in [-0.15, -0.1) is 0 Å². The summed E-state index contributed by atoms with van der Waals surface area (Å²) < 4.78 is 62.2. The van der Waals surface area contributed by atoms with Gasteiger partial charge in [-0.2, -0.15) is 22.0 Å². The molecule has 100 valence electrons. The number of amides is 1. The summed E-state index contributed by atoms with van der Waals surface area (Å²) in [7, 11) is 0. The first-order chi connectivity index (χ1) is 7.59. The minimum Gasteiger partial charge on any atom is -0.332 e. The van der Waals surface area contributed by atoms with Crippen LogP contribution in [0.2, 0.25) is 0 Å². The van der Waals surface area contributed by atoms with Crippen LogP contribution in [0.15, 0.2) is 0 Å². The molecule has 1 heterocycles. The first kappa shape index (κ1) is 14.2. The number of rotatable bonds is 1. The molecule has 0 spiro atoms. The predicted molar refractivity (Wildman–Crippen MR) is 50.6 cm³/mol. The second-order valence-corrected chi connectivity index (χ2v) is 4.41. The molecule has 0 aliphatic carbocycles. The highest BCUT2D eigenvalue weighted by molar-refractivity contribution is 5.85. The molecule has 0 aromatic rings. The van der Waals surface area contributed by atoms with Crippen LogP contribution in [0.4, 0.5) is 22.0 Å². The number of hydrogen-bond donors (Lipinski definition) is 0. The standard InChI is InChI=1S/C10H14F5NO/c1-6-4-3-5-7(2)16(6)8(17)9(11,12)10(13,14)15/h6-7H,3-5H2,1-2H3. The summed E-state index contributed by atoms with van der Waals surface area (Å²) in [6, 6.07) is -1.17. The fourth-order valence-electron chi connectivity index (χ4n) is 2.10. The highest BCUT2D eigenvalue weighted by Gasteiger charge is 2.65. The Hall–Kier alpha value is -0.880. The molecule has 0 aromatic heterocycles. The number of hydrogen-bond acceptors (Lipinski definition) is 1. The normalized spacial score (nSPS) is 27.1. The number of carbonyl (C=O) groups is 1. The van der Waals surface area contributed by atoms with E-state index in [1.54, 1.807) is 0 Å². The van der Waals surface area contributed by atoms with Gasteiger partial charge in [-0.3, -0.25) is 4.79 Å². The van der Waals surface area contributed by atoms with Gasteiger partial charge in [-0.05, 0) is 33.1 Å². The average molecular weight is 259 g/mol. The van der Waals surface area contributed by atoms with Crippen LogP contribution in [0.5, 0.6) is 0 Å². The third-order valence-corrected chi connectivity index (χ3v) is 3.05. The van der Waals surface area contributed by atoms with E-state index in [0.717, 1.165) is 6.42 Å². The monoisotopic (exact) mass is 259 g/mol. The van der Waals surface area contributed by atoms with Crippen LogP contribution in [-0.2, 0) is 4.79 Å². The Morgan fingerprint density at radius 3 is 1.82 bits per heavy atom. The maximum atomic E-state index is 12.9. The van der Waals surface area contributed by atoms with E-state index in [9.17, 15) is 26.7 Å². The maximum Gasteiger partial charge on any atom is 0.463 e. The summed E-state index contributed by atoms with van der Waals surface area (Å²) >= 11 is 0. The lowest BCUT2D eigenvalue weighted by molar-refractivity contribution is -0.276. The van der Waals surface area contributed by atoms with E-state index in [-0.39, 0.29) is 0 Å². The third kappa shape index (κ3) is 2.52. The maximum absolute atomic E-state index is 12.9. The fraction of sp³-hybridized carbons (Fsp3) is 0.900. The van der Waals surface area contributed by atoms with E-state index in [1.807, 2.05) is 0 Å². The summed E-state index contributed by atoms with van der Waals surface area (Å²) in [5, 5.41) is 0. The molecule has 1 amide bonds. The van der Waals surface area contributed by atoms with Gasteiger partial charge in [0.05, 0.1) is 0 Å². The van der Waals surface area contributed by atoms with E-state index in [2.05, 4.69) is 0 Å². The van der Waals surface area contributed by atoms with Crippen molar-refractivity contribution in [3.05, 3.63) is 0 Å². The number of alkyl halides is 5. The van der Waals surface area contributed by atoms with E-state index < -0.39 is 30.1 Å². The smallest absolute Gasteiger partial charge is 0.332 e. The second kappa shape index (κ2) is 4.42. The SMILES string of the molecule is CC1CCCC(C)N1C(=O)C(F)(F)C(F)(F)F.